The summed E-state index contributed by atoms with van der Waals surface area (Å²) in [5.74, 6) is -0.220. The number of rotatable bonds is 8. The molecule has 204 valence electrons. The van der Waals surface area contributed by atoms with Crippen molar-refractivity contribution in [1.82, 2.24) is 10.2 Å². The summed E-state index contributed by atoms with van der Waals surface area (Å²) in [5.41, 5.74) is 3.81. The van der Waals surface area contributed by atoms with E-state index in [0.29, 0.717) is 18.5 Å². The summed E-state index contributed by atoms with van der Waals surface area (Å²) < 4.78 is 1.06. The second-order valence-corrected chi connectivity index (χ2v) is 11.8. The molecule has 0 unspecified atom stereocenters. The third-order valence-corrected chi connectivity index (χ3v) is 8.66. The van der Waals surface area contributed by atoms with Gasteiger partial charge in [-0.1, -0.05) is 91.0 Å². The lowest BCUT2D eigenvalue weighted by Crippen LogP contribution is -2.60. The fraction of sp³-hybridized carbons (Fsp3) is 0.235. The van der Waals surface area contributed by atoms with Crippen LogP contribution in [0.4, 0.5) is 0 Å². The Morgan fingerprint density at radius 1 is 0.900 bits per heavy atom. The van der Waals surface area contributed by atoms with Gasteiger partial charge in [-0.25, -0.2) is 0 Å². The number of nitrogens with one attached hydrogen (secondary N) is 1. The summed E-state index contributed by atoms with van der Waals surface area (Å²) in [4.78, 5) is 30.9. The van der Waals surface area contributed by atoms with E-state index in [4.69, 9.17) is 0 Å². The lowest BCUT2D eigenvalue weighted by molar-refractivity contribution is -0.130. The van der Waals surface area contributed by atoms with E-state index in [9.17, 15) is 14.7 Å². The van der Waals surface area contributed by atoms with Crippen molar-refractivity contribution in [2.24, 2.45) is 0 Å². The topological polar surface area (TPSA) is 69.6 Å². The van der Waals surface area contributed by atoms with Crippen LogP contribution in [0.25, 0.3) is 0 Å². The first-order chi connectivity index (χ1) is 19.3. The number of hydrogen-bond donors (Lipinski definition) is 2. The average molecular weight is 645 g/mol. The Labute approximate surface area is 249 Å². The van der Waals surface area contributed by atoms with Crippen LogP contribution in [0, 0.1) is 3.57 Å². The van der Waals surface area contributed by atoms with Crippen LogP contribution in [-0.2, 0) is 29.8 Å². The van der Waals surface area contributed by atoms with Crippen molar-refractivity contribution < 1.29 is 14.7 Å². The van der Waals surface area contributed by atoms with Gasteiger partial charge in [0.15, 0.2) is 0 Å². The Balaban J connectivity index is 1.83. The van der Waals surface area contributed by atoms with Crippen LogP contribution in [0.15, 0.2) is 103 Å². The van der Waals surface area contributed by atoms with E-state index in [0.717, 1.165) is 31.4 Å². The number of carbonyl (C=O) groups is 2. The van der Waals surface area contributed by atoms with Gasteiger partial charge in [0.25, 0.3) is 5.91 Å². The van der Waals surface area contributed by atoms with Gasteiger partial charge in [0, 0.05) is 21.7 Å². The molecule has 5 nitrogen and oxygen atoms in total. The SMILES string of the molecule is CC(C)NC(=O)[C@@]1(Cc2ccccc2I)c2ccccc2C(=O)N(Cc2ccccc2)[C@H]1c1ccc(CO)cc1. The Bertz CT molecular complexity index is 1500. The maximum Gasteiger partial charge on any atom is 0.255 e. The van der Waals surface area contributed by atoms with Gasteiger partial charge in [0.1, 0.15) is 5.41 Å². The normalized spacial score (nSPS) is 18.5. The number of halogens is 1. The van der Waals surface area contributed by atoms with E-state index < -0.39 is 11.5 Å². The third kappa shape index (κ3) is 5.30. The Hall–Kier alpha value is -3.49. The van der Waals surface area contributed by atoms with Crippen molar-refractivity contribution >= 4 is 34.4 Å². The van der Waals surface area contributed by atoms with E-state index in [1.165, 1.54) is 0 Å². The fourth-order valence-corrected chi connectivity index (χ4v) is 6.39. The molecule has 0 aromatic heterocycles. The van der Waals surface area contributed by atoms with Crippen molar-refractivity contribution in [2.45, 2.75) is 50.9 Å². The highest BCUT2D eigenvalue weighted by molar-refractivity contribution is 14.1. The lowest BCUT2D eigenvalue weighted by Gasteiger charge is -2.50. The van der Waals surface area contributed by atoms with Crippen LogP contribution >= 0.6 is 22.6 Å². The van der Waals surface area contributed by atoms with Gasteiger partial charge in [-0.05, 0) is 82.8 Å². The number of hydrogen-bond acceptors (Lipinski definition) is 3. The maximum atomic E-state index is 14.7. The van der Waals surface area contributed by atoms with E-state index in [1.54, 1.807) is 0 Å². The fourth-order valence-electron chi connectivity index (χ4n) is 5.81. The minimum atomic E-state index is -1.12. The molecule has 2 atom stereocenters. The molecule has 6 heteroatoms. The summed E-state index contributed by atoms with van der Waals surface area (Å²) in [5, 5.41) is 13.0. The van der Waals surface area contributed by atoms with E-state index in [1.807, 2.05) is 110 Å². The van der Waals surface area contributed by atoms with Gasteiger partial charge in [0.05, 0.1) is 12.6 Å². The van der Waals surface area contributed by atoms with Crippen LogP contribution in [-0.4, -0.2) is 27.9 Å². The molecule has 1 aliphatic heterocycles. The van der Waals surface area contributed by atoms with Crippen LogP contribution < -0.4 is 5.32 Å². The highest BCUT2D eigenvalue weighted by atomic mass is 127. The van der Waals surface area contributed by atoms with Gasteiger partial charge in [-0.15, -0.1) is 0 Å². The molecule has 0 saturated carbocycles. The van der Waals surface area contributed by atoms with Crippen molar-refractivity contribution in [3.8, 4) is 0 Å². The highest BCUT2D eigenvalue weighted by Crippen LogP contribution is 2.50. The summed E-state index contributed by atoms with van der Waals surface area (Å²) >= 11 is 2.33. The zero-order chi connectivity index (χ0) is 28.3. The molecule has 5 rings (SSSR count). The molecule has 1 aliphatic rings. The number of carbonyl (C=O) groups excluding carboxylic acids is 2. The molecule has 2 amide bonds. The van der Waals surface area contributed by atoms with Crippen LogP contribution in [0.5, 0.6) is 0 Å². The highest BCUT2D eigenvalue weighted by Gasteiger charge is 2.56. The molecule has 0 radical (unpaired) electrons. The zero-order valence-electron chi connectivity index (χ0n) is 22.7. The minimum absolute atomic E-state index is 0.0817. The first-order valence-corrected chi connectivity index (χ1v) is 14.6. The van der Waals surface area contributed by atoms with Crippen LogP contribution in [0.2, 0.25) is 0 Å². The first kappa shape index (κ1) is 28.1. The van der Waals surface area contributed by atoms with Crippen molar-refractivity contribution in [2.75, 3.05) is 0 Å². The van der Waals surface area contributed by atoms with Gasteiger partial charge in [-0.3, -0.25) is 9.59 Å². The Morgan fingerprint density at radius 3 is 2.23 bits per heavy atom. The molecular formula is C34H33IN2O3. The quantitative estimate of drug-likeness (QED) is 0.225. The lowest BCUT2D eigenvalue weighted by atomic mass is 9.63. The second-order valence-electron chi connectivity index (χ2n) is 10.6. The molecule has 2 N–H and O–H groups in total. The van der Waals surface area contributed by atoms with Crippen molar-refractivity contribution in [1.29, 1.82) is 0 Å². The predicted molar refractivity (Wildman–Crippen MR) is 166 cm³/mol. The van der Waals surface area contributed by atoms with E-state index in [-0.39, 0.29) is 24.5 Å². The third-order valence-electron chi connectivity index (χ3n) is 7.60. The van der Waals surface area contributed by atoms with Gasteiger partial charge in [0.2, 0.25) is 5.91 Å². The molecule has 0 fully saturated rings. The van der Waals surface area contributed by atoms with Crippen LogP contribution in [0.3, 0.4) is 0 Å². The molecular weight excluding hydrogens is 611 g/mol. The summed E-state index contributed by atoms with van der Waals surface area (Å²) in [7, 11) is 0. The van der Waals surface area contributed by atoms with Crippen LogP contribution in [0.1, 0.15) is 58.1 Å². The molecule has 1 heterocycles. The first-order valence-electron chi connectivity index (χ1n) is 13.5. The van der Waals surface area contributed by atoms with Gasteiger partial charge >= 0.3 is 0 Å². The smallest absolute Gasteiger partial charge is 0.255 e. The summed E-state index contributed by atoms with van der Waals surface area (Å²) in [6.07, 6.45) is 0.409. The average Bonchev–Trinajstić information content (AvgIpc) is 2.97. The molecule has 0 saturated heterocycles. The Kier molecular flexibility index (Phi) is 8.38. The molecule has 0 bridgehead atoms. The molecule has 40 heavy (non-hydrogen) atoms. The summed E-state index contributed by atoms with van der Waals surface area (Å²) in [6, 6.07) is 32.5. The van der Waals surface area contributed by atoms with Crippen molar-refractivity contribution in [3.05, 3.63) is 140 Å². The number of benzene rings is 4. The number of fused-ring (bicyclic) bond motifs is 1. The zero-order valence-corrected chi connectivity index (χ0v) is 24.8. The van der Waals surface area contributed by atoms with E-state index >= 15 is 0 Å². The molecule has 4 aromatic rings. The maximum absolute atomic E-state index is 14.7. The van der Waals surface area contributed by atoms with Crippen molar-refractivity contribution in [3.63, 3.8) is 0 Å². The minimum Gasteiger partial charge on any atom is -0.392 e. The summed E-state index contributed by atoms with van der Waals surface area (Å²) in [6.45, 7) is 4.19. The predicted octanol–water partition coefficient (Wildman–Crippen LogP) is 6.19. The number of amides is 2. The van der Waals surface area contributed by atoms with Gasteiger partial charge < -0.3 is 15.3 Å². The standard InChI is InChI=1S/C34H33IN2O3/c1-23(2)36-33(40)34(20-27-12-6-9-15-30(27)35)29-14-8-7-13-28(29)32(39)37(21-24-10-4-3-5-11-24)31(34)26-18-16-25(22-38)17-19-26/h3-19,23,31,38H,20-22H2,1-2H3,(H,36,40)/t31-,34-/m0/s1. The Morgan fingerprint density at radius 2 is 1.55 bits per heavy atom. The number of aliphatic hydroxyl groups is 1. The number of nitrogens with zero attached hydrogens (tertiary/aromatic N) is 1. The monoisotopic (exact) mass is 644 g/mol. The molecule has 0 spiro atoms. The largest absolute Gasteiger partial charge is 0.392 e. The molecule has 4 aromatic carbocycles. The van der Waals surface area contributed by atoms with Gasteiger partial charge in [-0.2, -0.15) is 0 Å². The number of aliphatic hydroxyl groups excluding tert-OH is 1. The van der Waals surface area contributed by atoms with E-state index in [2.05, 4.69) is 40.0 Å². The molecule has 0 aliphatic carbocycles. The second kappa shape index (κ2) is 11.9.